The summed E-state index contributed by atoms with van der Waals surface area (Å²) < 4.78 is 23.2. The number of unbranched alkanes of at least 4 members (excludes halogenated alkanes) is 2. The minimum absolute atomic E-state index is 0.0748. The topological polar surface area (TPSA) is 281 Å². The van der Waals surface area contributed by atoms with Crippen LogP contribution in [-0.4, -0.2) is 118 Å². The fraction of sp³-hybridized carbons (Fsp3) is 0.431. The second-order valence-electron chi connectivity index (χ2n) is 18.5. The summed E-state index contributed by atoms with van der Waals surface area (Å²) in [5.74, 6) is -2.17. The van der Waals surface area contributed by atoms with E-state index in [1.165, 1.54) is 23.4 Å². The fourth-order valence-electron chi connectivity index (χ4n) is 8.79. The number of nitrogens with zero attached hydrogens (tertiary/aromatic N) is 7. The van der Waals surface area contributed by atoms with Crippen molar-refractivity contribution in [2.45, 2.75) is 122 Å². The summed E-state index contributed by atoms with van der Waals surface area (Å²) in [6.45, 7) is 5.56. The summed E-state index contributed by atoms with van der Waals surface area (Å²) >= 11 is 0. The van der Waals surface area contributed by atoms with Gasteiger partial charge in [-0.25, -0.2) is 28.5 Å². The quantitative estimate of drug-likeness (QED) is 0.0354. The number of nitrogens with two attached hydrogens (primary N) is 1. The van der Waals surface area contributed by atoms with Crippen LogP contribution < -0.4 is 27.0 Å². The number of carbonyl (C=O) groups excluding carboxylic acids is 7. The minimum Gasteiger partial charge on any atom is -0.445 e. The highest BCUT2D eigenvalue weighted by Crippen LogP contribution is 2.32. The Kier molecular flexibility index (Phi) is 18.0. The number of fused-ring (bicyclic) bond motifs is 1. The van der Waals surface area contributed by atoms with E-state index >= 15 is 4.39 Å². The van der Waals surface area contributed by atoms with Gasteiger partial charge in [-0.15, -0.1) is 0 Å². The summed E-state index contributed by atoms with van der Waals surface area (Å²) in [4.78, 5) is 109. The number of primary amides is 1. The number of pyridine rings is 2. The Balaban J connectivity index is 0.978. The predicted molar refractivity (Wildman–Crippen MR) is 266 cm³/mol. The molecule has 4 atom stereocenters. The maximum absolute atomic E-state index is 15.7. The van der Waals surface area contributed by atoms with Crippen LogP contribution in [0.25, 0.3) is 28.3 Å². The highest BCUT2D eigenvalue weighted by Gasteiger charge is 2.35. The van der Waals surface area contributed by atoms with E-state index in [0.29, 0.717) is 78.3 Å². The van der Waals surface area contributed by atoms with Crippen LogP contribution >= 0.6 is 0 Å². The molecule has 5 aromatic rings. The lowest BCUT2D eigenvalue weighted by atomic mass is 9.92. The molecule has 7 rings (SSSR count). The maximum atomic E-state index is 15.7. The van der Waals surface area contributed by atoms with E-state index in [-0.39, 0.29) is 69.1 Å². The number of carbonyl (C=O) groups is 7. The average Bonchev–Trinajstić information content (AvgIpc) is 4.11. The Morgan fingerprint density at radius 1 is 0.932 bits per heavy atom. The number of aromatic amines is 1. The molecule has 4 unspecified atom stereocenters. The van der Waals surface area contributed by atoms with Gasteiger partial charge in [0.2, 0.25) is 17.7 Å². The monoisotopic (exact) mass is 1000 g/mol. The molecule has 0 spiro atoms. The third-order valence-electron chi connectivity index (χ3n) is 12.7. The molecular formula is C51H62FN13O8. The van der Waals surface area contributed by atoms with Crippen molar-refractivity contribution in [3.05, 3.63) is 96.4 Å². The van der Waals surface area contributed by atoms with Crippen molar-refractivity contribution in [1.29, 1.82) is 0 Å². The van der Waals surface area contributed by atoms with Crippen LogP contribution in [-0.2, 0) is 41.9 Å². The first-order valence-corrected chi connectivity index (χ1v) is 24.6. The van der Waals surface area contributed by atoms with Crippen LogP contribution in [0.5, 0.6) is 0 Å². The molecule has 1 fully saturated rings. The van der Waals surface area contributed by atoms with E-state index in [1.54, 1.807) is 48.8 Å². The Labute approximate surface area is 421 Å². The molecule has 386 valence electrons. The van der Waals surface area contributed by atoms with E-state index in [2.05, 4.69) is 36.3 Å². The number of hydrogen-bond donors (Lipinski definition) is 6. The van der Waals surface area contributed by atoms with Crippen molar-refractivity contribution in [1.82, 2.24) is 55.3 Å². The van der Waals surface area contributed by atoms with Gasteiger partial charge >= 0.3 is 12.1 Å². The van der Waals surface area contributed by atoms with Crippen molar-refractivity contribution in [3.63, 3.8) is 0 Å². The third-order valence-corrected chi connectivity index (χ3v) is 12.7. The number of hydrogen-bond acceptors (Lipinski definition) is 12. The number of ether oxygens (including phenoxy) is 1. The number of aryl methyl sites for hydroxylation is 1. The number of alkyl halides is 1. The Bertz CT molecular complexity index is 2790. The standard InChI is InChI=1S/C51H62FN13O8/c1-31(2)45(62-42(66)16-5-4-8-25-63-43(67)21-22-44(63)68)49(70)59-38(14-10-24-54-50(53)71)48(69)58-35-19-17-33(18-20-35)29-73-51(72)64(39-15-7-6-12-36(39)52)28-40-60-46(34-23-26-65-41(27-34)55-30-56-65)47(61-40)37-13-9-11-32(3)57-37/h9,11,13,17-23,26-27,30-31,36,38-39,45H,4-8,10,12,14-16,24-25,28-29H2,1-3H3,(H,58,69)(H,59,70)(H,60,61)(H,62,66)(H3,53,54,71). The summed E-state index contributed by atoms with van der Waals surface area (Å²) in [5, 5.41) is 15.0. The minimum atomic E-state index is -1.27. The first-order valence-electron chi connectivity index (χ1n) is 24.6. The Hall–Kier alpha value is -8.04. The van der Waals surface area contributed by atoms with E-state index in [1.807, 2.05) is 37.3 Å². The maximum Gasteiger partial charge on any atom is 0.410 e. The van der Waals surface area contributed by atoms with E-state index in [9.17, 15) is 33.6 Å². The molecule has 2 aliphatic rings. The van der Waals surface area contributed by atoms with Gasteiger partial charge in [0.15, 0.2) is 5.65 Å². The number of rotatable bonds is 23. The molecule has 0 radical (unpaired) electrons. The van der Waals surface area contributed by atoms with Gasteiger partial charge < -0.3 is 36.7 Å². The van der Waals surface area contributed by atoms with Gasteiger partial charge in [0.05, 0.1) is 29.7 Å². The molecule has 0 saturated heterocycles. The highest BCUT2D eigenvalue weighted by atomic mass is 19.1. The highest BCUT2D eigenvalue weighted by molar-refractivity contribution is 6.12. The number of aromatic nitrogens is 6. The Morgan fingerprint density at radius 2 is 1.70 bits per heavy atom. The molecule has 1 aliphatic heterocycles. The number of nitrogens with one attached hydrogen (secondary N) is 5. The lowest BCUT2D eigenvalue weighted by Gasteiger charge is -2.35. The molecule has 7 N–H and O–H groups in total. The third kappa shape index (κ3) is 14.3. The molecule has 21 nitrogen and oxygen atoms in total. The molecule has 73 heavy (non-hydrogen) atoms. The van der Waals surface area contributed by atoms with Crippen molar-refractivity contribution in [3.8, 4) is 22.6 Å². The van der Waals surface area contributed by atoms with Crippen molar-refractivity contribution in [2.75, 3.05) is 18.4 Å². The molecule has 1 aromatic carbocycles. The zero-order chi connectivity index (χ0) is 52.0. The largest absolute Gasteiger partial charge is 0.445 e. The number of anilines is 1. The normalized spacial score (nSPS) is 16.3. The zero-order valence-electron chi connectivity index (χ0n) is 41.1. The van der Waals surface area contributed by atoms with Gasteiger partial charge in [0, 0.05) is 54.8 Å². The van der Waals surface area contributed by atoms with Crippen molar-refractivity contribution >= 4 is 53.0 Å². The summed E-state index contributed by atoms with van der Waals surface area (Å²) in [7, 11) is 0. The second kappa shape index (κ2) is 24.9. The number of imidazole rings is 1. The smallest absolute Gasteiger partial charge is 0.410 e. The first-order chi connectivity index (χ1) is 35.1. The first kappa shape index (κ1) is 52.8. The van der Waals surface area contributed by atoms with Crippen LogP contribution in [0.3, 0.4) is 0 Å². The van der Waals surface area contributed by atoms with Gasteiger partial charge in [-0.1, -0.05) is 51.3 Å². The molecule has 0 bridgehead atoms. The van der Waals surface area contributed by atoms with Gasteiger partial charge in [0.1, 0.15) is 37.0 Å². The molecule has 4 aromatic heterocycles. The SMILES string of the molecule is Cc1cccc(-c2[nH]c(CN(C(=O)OCc3ccc(NC(=O)C(CCCNC(N)=O)NC(=O)C(NC(=O)CCCCCN4C(=O)C=CC4=O)C(C)C)cc3)C3CCCCC3F)nc2-c2ccn3ncnc3c2)n1. The fourth-order valence-corrected chi connectivity index (χ4v) is 8.79. The summed E-state index contributed by atoms with van der Waals surface area (Å²) in [6, 6.07) is 12.3. The van der Waals surface area contributed by atoms with Crippen LogP contribution in [0.15, 0.2) is 79.3 Å². The summed E-state index contributed by atoms with van der Waals surface area (Å²) in [6.07, 6.45) is 7.93. The Morgan fingerprint density at radius 3 is 2.42 bits per heavy atom. The number of halogens is 1. The van der Waals surface area contributed by atoms with Gasteiger partial charge in [-0.05, 0) is 93.3 Å². The van der Waals surface area contributed by atoms with Crippen molar-refractivity contribution < 1.29 is 42.7 Å². The molecular weight excluding hydrogens is 942 g/mol. The second-order valence-corrected chi connectivity index (χ2v) is 18.5. The van der Waals surface area contributed by atoms with E-state index in [0.717, 1.165) is 22.6 Å². The van der Waals surface area contributed by atoms with Crippen LogP contribution in [0, 0.1) is 12.8 Å². The number of H-pyrrole nitrogens is 1. The predicted octanol–water partition coefficient (Wildman–Crippen LogP) is 5.41. The lowest BCUT2D eigenvalue weighted by Crippen LogP contribution is -2.54. The van der Waals surface area contributed by atoms with Gasteiger partial charge in [-0.2, -0.15) is 5.10 Å². The van der Waals surface area contributed by atoms with Gasteiger partial charge in [-0.3, -0.25) is 38.8 Å². The van der Waals surface area contributed by atoms with E-state index in [4.69, 9.17) is 20.4 Å². The number of benzene rings is 1. The lowest BCUT2D eigenvalue weighted by molar-refractivity contribution is -0.137. The molecule has 22 heteroatoms. The van der Waals surface area contributed by atoms with Gasteiger partial charge in [0.25, 0.3) is 11.8 Å². The number of urea groups is 1. The molecule has 1 saturated carbocycles. The van der Waals surface area contributed by atoms with Crippen LogP contribution in [0.4, 0.5) is 19.7 Å². The van der Waals surface area contributed by atoms with Crippen LogP contribution in [0.1, 0.15) is 95.1 Å². The van der Waals surface area contributed by atoms with Crippen LogP contribution in [0.2, 0.25) is 0 Å². The zero-order valence-corrected chi connectivity index (χ0v) is 41.1. The average molecular weight is 1000 g/mol. The van der Waals surface area contributed by atoms with Crippen molar-refractivity contribution in [2.24, 2.45) is 11.7 Å². The number of imide groups is 1. The number of amides is 8. The molecule has 8 amide bonds. The molecule has 5 heterocycles. The summed E-state index contributed by atoms with van der Waals surface area (Å²) in [5.41, 5.74) is 10.2. The van der Waals surface area contributed by atoms with E-state index < -0.39 is 48.2 Å². The molecule has 1 aliphatic carbocycles.